The molecule has 0 bridgehead atoms. The van der Waals surface area contributed by atoms with Crippen molar-refractivity contribution >= 4 is 40.0 Å². The Morgan fingerprint density at radius 1 is 1.25 bits per heavy atom. The summed E-state index contributed by atoms with van der Waals surface area (Å²) in [5.41, 5.74) is 10.6. The fourth-order valence-corrected chi connectivity index (χ4v) is 4.66. The Labute approximate surface area is 194 Å². The smallest absolute Gasteiger partial charge is 0.405 e. The van der Waals surface area contributed by atoms with Gasteiger partial charge in [0.15, 0.2) is 5.13 Å². The molecule has 0 unspecified atom stereocenters. The predicted octanol–water partition coefficient (Wildman–Crippen LogP) is 5.65. The normalized spacial score (nSPS) is 14.7. The summed E-state index contributed by atoms with van der Waals surface area (Å²) in [7, 11) is 0. The molecule has 0 radical (unpaired) electrons. The zero-order valence-electron chi connectivity index (χ0n) is 18.1. The number of benzene rings is 1. The number of anilines is 2. The maximum absolute atomic E-state index is 12.3. The molecule has 1 aromatic heterocycles. The summed E-state index contributed by atoms with van der Waals surface area (Å²) in [4.78, 5) is 15.8. The molecule has 0 saturated heterocycles. The van der Waals surface area contributed by atoms with E-state index in [4.69, 9.17) is 11.5 Å². The molecule has 1 fully saturated rings. The van der Waals surface area contributed by atoms with Gasteiger partial charge < -0.3 is 16.2 Å². The fraction of sp³-hybridized carbons (Fsp3) is 0.524. The molecule has 1 saturated carbocycles. The predicted molar refractivity (Wildman–Crippen MR) is 125 cm³/mol. The summed E-state index contributed by atoms with van der Waals surface area (Å²) in [5.74, 6) is 0.606. The van der Waals surface area contributed by atoms with Crippen LogP contribution in [0.1, 0.15) is 61.2 Å². The monoisotopic (exact) mass is 490 g/mol. The molecule has 0 aliphatic heterocycles. The number of rotatable bonds is 7. The van der Waals surface area contributed by atoms with E-state index in [9.17, 15) is 18.0 Å². The van der Waals surface area contributed by atoms with Crippen molar-refractivity contribution in [3.05, 3.63) is 34.7 Å². The average molecular weight is 491 g/mol. The molecular formula is C21H29F3N4O2S2. The zero-order chi connectivity index (χ0) is 23.7. The van der Waals surface area contributed by atoms with Gasteiger partial charge in [-0.1, -0.05) is 68.5 Å². The molecule has 0 amide bonds. The highest BCUT2D eigenvalue weighted by molar-refractivity contribution is 7.97. The first kappa shape index (κ1) is 26.3. The van der Waals surface area contributed by atoms with Crippen LogP contribution in [-0.4, -0.2) is 28.9 Å². The molecule has 32 heavy (non-hydrogen) atoms. The van der Waals surface area contributed by atoms with Gasteiger partial charge >= 0.3 is 6.36 Å². The maximum atomic E-state index is 12.3. The van der Waals surface area contributed by atoms with Crippen LogP contribution in [0, 0.1) is 5.92 Å². The lowest BCUT2D eigenvalue weighted by molar-refractivity contribution is -0.274. The molecule has 2 aromatic rings. The van der Waals surface area contributed by atoms with E-state index in [1.807, 2.05) is 11.9 Å². The first-order chi connectivity index (χ1) is 15.1. The Morgan fingerprint density at radius 2 is 1.91 bits per heavy atom. The number of halogens is 3. The van der Waals surface area contributed by atoms with Crippen LogP contribution in [0.25, 0.3) is 0 Å². The number of ether oxygens (including phenoxy) is 1. The Kier molecular flexibility index (Phi) is 10.1. The number of para-hydroxylation sites is 1. The number of nitrogens with zero attached hydrogens (tertiary/aromatic N) is 1. The minimum atomic E-state index is -4.89. The van der Waals surface area contributed by atoms with Crippen molar-refractivity contribution in [2.24, 2.45) is 5.92 Å². The van der Waals surface area contributed by atoms with Gasteiger partial charge in [0.05, 0.1) is 5.56 Å². The van der Waals surface area contributed by atoms with E-state index >= 15 is 0 Å². The summed E-state index contributed by atoms with van der Waals surface area (Å²) in [6, 6.07) is 5.79. The van der Waals surface area contributed by atoms with E-state index in [0.29, 0.717) is 0 Å². The highest BCUT2D eigenvalue weighted by Crippen LogP contribution is 2.31. The van der Waals surface area contributed by atoms with Crippen molar-refractivity contribution in [1.82, 2.24) is 9.71 Å². The van der Waals surface area contributed by atoms with E-state index in [1.54, 1.807) is 0 Å². The number of ketones is 1. The van der Waals surface area contributed by atoms with E-state index in [-0.39, 0.29) is 21.4 Å². The van der Waals surface area contributed by atoms with Crippen molar-refractivity contribution in [3.63, 3.8) is 0 Å². The van der Waals surface area contributed by atoms with E-state index in [1.165, 1.54) is 56.1 Å². The zero-order valence-corrected chi connectivity index (χ0v) is 19.7. The summed E-state index contributed by atoms with van der Waals surface area (Å²) in [5, 5.41) is 0.0556. The lowest BCUT2D eigenvalue weighted by Gasteiger charge is -2.22. The molecule has 0 atom stereocenters. The Bertz CT molecular complexity index is 869. The topological polar surface area (TPSA) is 103 Å². The lowest BCUT2D eigenvalue weighted by Crippen LogP contribution is -2.26. The van der Waals surface area contributed by atoms with Gasteiger partial charge in [0, 0.05) is 11.8 Å². The first-order valence-corrected chi connectivity index (χ1v) is 12.2. The molecule has 178 valence electrons. The van der Waals surface area contributed by atoms with Gasteiger partial charge in [0.2, 0.25) is 5.78 Å². The second-order valence-electron chi connectivity index (χ2n) is 7.80. The van der Waals surface area contributed by atoms with Crippen molar-refractivity contribution < 1.29 is 22.7 Å². The molecule has 5 N–H and O–H groups in total. The van der Waals surface area contributed by atoms with Crippen LogP contribution in [0.2, 0.25) is 0 Å². The highest BCUT2D eigenvalue weighted by atomic mass is 32.2. The second-order valence-corrected chi connectivity index (χ2v) is 9.69. The second kappa shape index (κ2) is 12.3. The van der Waals surface area contributed by atoms with Crippen molar-refractivity contribution in [3.8, 4) is 5.75 Å². The van der Waals surface area contributed by atoms with Gasteiger partial charge in [-0.15, -0.1) is 13.2 Å². The molecule has 1 heterocycles. The number of thiazole rings is 1. The van der Waals surface area contributed by atoms with E-state index < -0.39 is 17.9 Å². The van der Waals surface area contributed by atoms with Gasteiger partial charge in [-0.2, -0.15) is 0 Å². The summed E-state index contributed by atoms with van der Waals surface area (Å²) < 4.78 is 44.2. The van der Waals surface area contributed by atoms with Gasteiger partial charge in [0.25, 0.3) is 0 Å². The third-order valence-corrected chi connectivity index (χ3v) is 6.74. The lowest BCUT2D eigenvalue weighted by atomic mass is 9.96. The standard InChI is InChI=1S/C11H8F3N3O2S.C10H21NS/c12-11(13,14)19-6-4-2-1-3-5(6)7(18)8-9(15)17-10(16)20-8;1-9(2)8-12-11-10-6-4-3-5-7-10/h1-4H,15H2,(H2,16,17);9-11H,3-8H2,1-2H3. The number of alkyl halides is 3. The maximum Gasteiger partial charge on any atom is 0.573 e. The molecule has 1 aliphatic carbocycles. The molecular weight excluding hydrogens is 461 g/mol. The molecule has 0 spiro atoms. The van der Waals surface area contributed by atoms with Crippen molar-refractivity contribution in [2.75, 3.05) is 17.2 Å². The minimum Gasteiger partial charge on any atom is -0.405 e. The van der Waals surface area contributed by atoms with Gasteiger partial charge in [-0.25, -0.2) is 4.98 Å². The first-order valence-electron chi connectivity index (χ1n) is 10.4. The Balaban J connectivity index is 0.000000258. The number of nitrogens with two attached hydrogens (primary N) is 2. The van der Waals surface area contributed by atoms with Crippen LogP contribution < -0.4 is 20.9 Å². The minimum absolute atomic E-state index is 0.0271. The van der Waals surface area contributed by atoms with Crippen LogP contribution in [0.3, 0.4) is 0 Å². The number of hydrogen-bond acceptors (Lipinski definition) is 8. The van der Waals surface area contributed by atoms with Crippen LogP contribution >= 0.6 is 23.3 Å². The van der Waals surface area contributed by atoms with Crippen molar-refractivity contribution in [2.45, 2.75) is 58.4 Å². The van der Waals surface area contributed by atoms with Gasteiger partial charge in [-0.3, -0.25) is 9.52 Å². The fourth-order valence-electron chi connectivity index (χ4n) is 3.06. The van der Waals surface area contributed by atoms with E-state index in [2.05, 4.69) is 28.3 Å². The van der Waals surface area contributed by atoms with Gasteiger partial charge in [0.1, 0.15) is 16.4 Å². The molecule has 3 rings (SSSR count). The summed E-state index contributed by atoms with van der Waals surface area (Å²) in [6.45, 7) is 4.55. The SMILES string of the molecule is CC(C)CSNC1CCCCC1.Nc1nc(N)c(C(=O)c2ccccc2OC(F)(F)F)s1. The van der Waals surface area contributed by atoms with Crippen LogP contribution in [0.5, 0.6) is 5.75 Å². The van der Waals surface area contributed by atoms with Crippen LogP contribution in [0.15, 0.2) is 24.3 Å². The molecule has 11 heteroatoms. The van der Waals surface area contributed by atoms with Crippen LogP contribution in [0.4, 0.5) is 24.1 Å². The number of nitrogens with one attached hydrogen (secondary N) is 1. The summed E-state index contributed by atoms with van der Waals surface area (Å²) >= 11 is 2.72. The summed E-state index contributed by atoms with van der Waals surface area (Å²) in [6.07, 6.45) is 2.21. The highest BCUT2D eigenvalue weighted by Gasteiger charge is 2.33. The quantitative estimate of drug-likeness (QED) is 0.340. The average Bonchev–Trinajstić information content (AvgIpc) is 3.06. The Morgan fingerprint density at radius 3 is 2.47 bits per heavy atom. The number of carbonyl (C=O) groups is 1. The van der Waals surface area contributed by atoms with E-state index in [0.717, 1.165) is 29.4 Å². The molecule has 1 aromatic carbocycles. The number of carbonyl (C=O) groups excluding carboxylic acids is 1. The number of nitrogen functional groups attached to an aromatic ring is 2. The molecule has 6 nitrogen and oxygen atoms in total. The van der Waals surface area contributed by atoms with Gasteiger partial charge in [-0.05, 0) is 30.9 Å². The molecule has 1 aliphatic rings. The Hall–Kier alpha value is -1.98. The largest absolute Gasteiger partial charge is 0.573 e. The third-order valence-electron chi connectivity index (χ3n) is 4.51. The van der Waals surface area contributed by atoms with Crippen molar-refractivity contribution in [1.29, 1.82) is 0 Å². The number of hydrogen-bond donors (Lipinski definition) is 3. The number of aromatic nitrogens is 1. The van der Waals surface area contributed by atoms with Crippen LogP contribution in [-0.2, 0) is 0 Å². The third kappa shape index (κ3) is 8.87.